The number of benzene rings is 1. The molecular formula is C17H22N4O2. The first kappa shape index (κ1) is 15.6. The molecule has 6 heteroatoms. The lowest BCUT2D eigenvalue weighted by Crippen LogP contribution is -2.49. The Morgan fingerprint density at radius 3 is 2.83 bits per heavy atom. The molecule has 2 unspecified atom stereocenters. The highest BCUT2D eigenvalue weighted by Gasteiger charge is 2.29. The molecule has 0 radical (unpaired) electrons. The van der Waals surface area contributed by atoms with Gasteiger partial charge in [-0.1, -0.05) is 30.3 Å². The molecule has 3 rings (SSSR count). The van der Waals surface area contributed by atoms with Crippen molar-refractivity contribution < 1.29 is 9.53 Å². The number of rotatable bonds is 3. The van der Waals surface area contributed by atoms with E-state index in [1.165, 1.54) is 0 Å². The molecule has 1 aromatic carbocycles. The first-order valence-electron chi connectivity index (χ1n) is 7.82. The van der Waals surface area contributed by atoms with E-state index in [0.717, 1.165) is 11.1 Å². The number of nitrogens with one attached hydrogen (secondary N) is 1. The Bertz CT molecular complexity index is 656. The van der Waals surface area contributed by atoms with Gasteiger partial charge in [0.05, 0.1) is 18.8 Å². The quantitative estimate of drug-likeness (QED) is 0.944. The zero-order valence-electron chi connectivity index (χ0n) is 13.5. The second-order valence-corrected chi connectivity index (χ2v) is 5.93. The number of ether oxygens (including phenoxy) is 1. The van der Waals surface area contributed by atoms with E-state index in [-0.39, 0.29) is 18.2 Å². The maximum Gasteiger partial charge on any atom is 0.317 e. The summed E-state index contributed by atoms with van der Waals surface area (Å²) in [5.41, 5.74) is 2.09. The smallest absolute Gasteiger partial charge is 0.317 e. The van der Waals surface area contributed by atoms with E-state index < -0.39 is 0 Å². The maximum absolute atomic E-state index is 12.4. The highest BCUT2D eigenvalue weighted by molar-refractivity contribution is 5.74. The fourth-order valence-corrected chi connectivity index (χ4v) is 2.82. The molecule has 1 N–H and O–H groups in total. The van der Waals surface area contributed by atoms with Gasteiger partial charge in [-0.05, 0) is 12.5 Å². The van der Waals surface area contributed by atoms with Crippen molar-refractivity contribution in [2.45, 2.75) is 25.7 Å². The van der Waals surface area contributed by atoms with Crippen molar-refractivity contribution in [1.29, 1.82) is 0 Å². The molecule has 6 nitrogen and oxygen atoms in total. The topological polar surface area (TPSA) is 59.4 Å². The zero-order chi connectivity index (χ0) is 16.2. The van der Waals surface area contributed by atoms with Crippen molar-refractivity contribution in [3.05, 3.63) is 53.9 Å². The summed E-state index contributed by atoms with van der Waals surface area (Å²) in [6.07, 6.45) is 3.59. The number of carbonyl (C=O) groups is 1. The van der Waals surface area contributed by atoms with Crippen LogP contribution >= 0.6 is 0 Å². The van der Waals surface area contributed by atoms with Gasteiger partial charge in [0.1, 0.15) is 6.10 Å². The molecule has 1 fully saturated rings. The van der Waals surface area contributed by atoms with Crippen LogP contribution in [0.2, 0.25) is 0 Å². The van der Waals surface area contributed by atoms with Gasteiger partial charge in [0, 0.05) is 31.9 Å². The van der Waals surface area contributed by atoms with Crippen molar-refractivity contribution in [2.75, 3.05) is 13.1 Å². The van der Waals surface area contributed by atoms with Gasteiger partial charge in [-0.3, -0.25) is 4.68 Å². The summed E-state index contributed by atoms with van der Waals surface area (Å²) in [7, 11) is 1.86. The fourth-order valence-electron chi connectivity index (χ4n) is 2.82. The third kappa shape index (κ3) is 3.90. The molecule has 0 aliphatic carbocycles. The van der Waals surface area contributed by atoms with Crippen LogP contribution in [0.5, 0.6) is 0 Å². The molecule has 122 valence electrons. The largest absolute Gasteiger partial charge is 0.367 e. The third-order valence-electron chi connectivity index (χ3n) is 3.92. The number of aromatic nitrogens is 2. The number of aryl methyl sites for hydroxylation is 1. The number of hydrogen-bond donors (Lipinski definition) is 1. The number of nitrogens with zero attached hydrogens (tertiary/aromatic N) is 3. The van der Waals surface area contributed by atoms with Gasteiger partial charge < -0.3 is 15.0 Å². The fraction of sp³-hybridized carbons (Fsp3) is 0.412. The minimum atomic E-state index is -0.0795. The molecule has 23 heavy (non-hydrogen) atoms. The molecule has 1 aromatic heterocycles. The predicted octanol–water partition coefficient (Wildman–Crippen LogP) is 2.09. The lowest BCUT2D eigenvalue weighted by atomic mass is 10.1. The van der Waals surface area contributed by atoms with Crippen LogP contribution in [0, 0.1) is 0 Å². The Hall–Kier alpha value is -2.34. The monoisotopic (exact) mass is 314 g/mol. The molecule has 0 spiro atoms. The molecule has 0 saturated carbocycles. The summed E-state index contributed by atoms with van der Waals surface area (Å²) in [5.74, 6) is 0. The van der Waals surface area contributed by atoms with Gasteiger partial charge in [0.15, 0.2) is 0 Å². The van der Waals surface area contributed by atoms with Crippen molar-refractivity contribution in [3.63, 3.8) is 0 Å². The molecular weight excluding hydrogens is 292 g/mol. The minimum absolute atomic E-state index is 0.0121. The lowest BCUT2D eigenvalue weighted by Gasteiger charge is -2.37. The van der Waals surface area contributed by atoms with Crippen LogP contribution in [0.15, 0.2) is 42.7 Å². The number of hydrogen-bond acceptors (Lipinski definition) is 3. The first-order valence-corrected chi connectivity index (χ1v) is 7.82. The summed E-state index contributed by atoms with van der Waals surface area (Å²) in [4.78, 5) is 14.3. The maximum atomic E-state index is 12.4. The van der Waals surface area contributed by atoms with E-state index in [1.54, 1.807) is 10.9 Å². The van der Waals surface area contributed by atoms with Crippen molar-refractivity contribution in [2.24, 2.45) is 7.05 Å². The molecule has 2 aromatic rings. The van der Waals surface area contributed by atoms with Crippen molar-refractivity contribution in [3.8, 4) is 0 Å². The molecule has 1 aliphatic heterocycles. The normalized spacial score (nSPS) is 21.2. The third-order valence-corrected chi connectivity index (χ3v) is 3.92. The Balaban J connectivity index is 1.61. The molecule has 1 aliphatic rings. The van der Waals surface area contributed by atoms with E-state index in [0.29, 0.717) is 19.6 Å². The van der Waals surface area contributed by atoms with Gasteiger partial charge in [-0.25, -0.2) is 4.79 Å². The minimum Gasteiger partial charge on any atom is -0.367 e. The van der Waals surface area contributed by atoms with E-state index in [1.807, 2.05) is 55.4 Å². The van der Waals surface area contributed by atoms with E-state index in [9.17, 15) is 4.79 Å². The van der Waals surface area contributed by atoms with E-state index >= 15 is 0 Å². The summed E-state index contributed by atoms with van der Waals surface area (Å²) < 4.78 is 7.71. The SMILES string of the molecule is CC1CN(C(=O)NCc2cnn(C)c2)CC(c2ccccc2)O1. The van der Waals surface area contributed by atoms with Crippen LogP contribution in [0.25, 0.3) is 0 Å². The van der Waals surface area contributed by atoms with Crippen LogP contribution in [0.4, 0.5) is 4.79 Å². The van der Waals surface area contributed by atoms with Gasteiger partial charge in [0.25, 0.3) is 0 Å². The molecule has 1 saturated heterocycles. The number of amides is 2. The molecule has 0 bridgehead atoms. The second-order valence-electron chi connectivity index (χ2n) is 5.93. The Labute approximate surface area is 136 Å². The van der Waals surface area contributed by atoms with Gasteiger partial charge in [0.2, 0.25) is 0 Å². The first-order chi connectivity index (χ1) is 11.1. The Morgan fingerprint density at radius 1 is 1.35 bits per heavy atom. The highest BCUT2D eigenvalue weighted by Crippen LogP contribution is 2.25. The summed E-state index contributed by atoms with van der Waals surface area (Å²) in [6, 6.07) is 9.97. The standard InChI is InChI=1S/C17H22N4O2/c1-13-10-21(12-16(23-13)15-6-4-3-5-7-15)17(22)18-8-14-9-19-20(2)11-14/h3-7,9,11,13,16H,8,10,12H2,1-2H3,(H,18,22). The second kappa shape index (κ2) is 6.83. The molecule has 2 heterocycles. The van der Waals surface area contributed by atoms with Crippen molar-refractivity contribution >= 4 is 6.03 Å². The summed E-state index contributed by atoms with van der Waals surface area (Å²) >= 11 is 0. The van der Waals surface area contributed by atoms with E-state index in [2.05, 4.69) is 10.4 Å². The Kier molecular flexibility index (Phi) is 4.62. The van der Waals surface area contributed by atoms with Crippen LogP contribution in [0.3, 0.4) is 0 Å². The number of morpholine rings is 1. The predicted molar refractivity (Wildman–Crippen MR) is 86.7 cm³/mol. The highest BCUT2D eigenvalue weighted by atomic mass is 16.5. The molecule has 2 atom stereocenters. The van der Waals surface area contributed by atoms with Crippen LogP contribution in [0.1, 0.15) is 24.2 Å². The van der Waals surface area contributed by atoms with Gasteiger partial charge in [-0.15, -0.1) is 0 Å². The Morgan fingerprint density at radius 2 is 2.13 bits per heavy atom. The number of carbonyl (C=O) groups excluding carboxylic acids is 1. The lowest BCUT2D eigenvalue weighted by molar-refractivity contribution is -0.0657. The van der Waals surface area contributed by atoms with Crippen LogP contribution in [-0.2, 0) is 18.3 Å². The average molecular weight is 314 g/mol. The van der Waals surface area contributed by atoms with E-state index in [4.69, 9.17) is 4.74 Å². The summed E-state index contributed by atoms with van der Waals surface area (Å²) in [5, 5.41) is 7.06. The van der Waals surface area contributed by atoms with Gasteiger partial charge in [-0.2, -0.15) is 5.10 Å². The molecule has 2 amide bonds. The van der Waals surface area contributed by atoms with Crippen molar-refractivity contribution in [1.82, 2.24) is 20.0 Å². The summed E-state index contributed by atoms with van der Waals surface area (Å²) in [6.45, 7) is 3.64. The average Bonchev–Trinajstić information content (AvgIpc) is 2.98. The zero-order valence-corrected chi connectivity index (χ0v) is 13.5. The number of urea groups is 1. The van der Waals surface area contributed by atoms with Crippen LogP contribution < -0.4 is 5.32 Å². The van der Waals surface area contributed by atoms with Gasteiger partial charge >= 0.3 is 6.03 Å². The van der Waals surface area contributed by atoms with Crippen LogP contribution in [-0.4, -0.2) is 39.9 Å².